The number of hydrogen-bond donors (Lipinski definition) is 0. The number of nitrogens with zero attached hydrogens (tertiary/aromatic N) is 1. The number of hydrogen-bond acceptors (Lipinski definition) is 2. The Morgan fingerprint density at radius 1 is 0.426 bits per heavy atom. The molecule has 3 heterocycles. The number of fused-ring (bicyclic) bond motifs is 8. The number of para-hydroxylation sites is 4. The van der Waals surface area contributed by atoms with Crippen LogP contribution in [0.5, 0.6) is 0 Å². The van der Waals surface area contributed by atoms with Crippen LogP contribution in [0.4, 0.5) is 0 Å². The lowest BCUT2D eigenvalue weighted by molar-refractivity contribution is 0.671. The fourth-order valence-electron chi connectivity index (χ4n) is 7.41. The molecule has 0 amide bonds. The molecule has 0 atom stereocenters. The van der Waals surface area contributed by atoms with Crippen LogP contribution in [0.1, 0.15) is 0 Å². The van der Waals surface area contributed by atoms with Crippen molar-refractivity contribution in [3.8, 4) is 39.1 Å². The molecule has 0 bridgehead atoms. The predicted octanol–water partition coefficient (Wildman–Crippen LogP) is 12.9. The van der Waals surface area contributed by atoms with Gasteiger partial charge in [-0.3, -0.25) is 0 Å². The van der Waals surface area contributed by atoms with Gasteiger partial charge in [0, 0.05) is 43.1 Å². The summed E-state index contributed by atoms with van der Waals surface area (Å²) in [7, 11) is 0. The van der Waals surface area contributed by atoms with Gasteiger partial charge in [-0.05, 0) is 46.5 Å². The zero-order valence-corrected chi connectivity index (χ0v) is 26.2. The molecule has 0 N–H and O–H groups in total. The second-order valence-electron chi connectivity index (χ2n) is 12.0. The number of benzene rings is 7. The zero-order chi connectivity index (χ0) is 30.9. The minimum absolute atomic E-state index is 0.916. The molecule has 0 aliphatic carbocycles. The van der Waals surface area contributed by atoms with Gasteiger partial charge < -0.3 is 8.98 Å². The highest BCUT2D eigenvalue weighted by atomic mass is 32.1. The molecule has 7 aromatic carbocycles. The topological polar surface area (TPSA) is 18.1 Å². The fourth-order valence-corrected chi connectivity index (χ4v) is 8.66. The summed E-state index contributed by atoms with van der Waals surface area (Å²) in [6, 6.07) is 58.6. The zero-order valence-electron chi connectivity index (χ0n) is 25.4. The molecule has 10 aromatic rings. The van der Waals surface area contributed by atoms with E-state index >= 15 is 0 Å². The third-order valence-electron chi connectivity index (χ3n) is 9.43. The van der Waals surface area contributed by atoms with Crippen molar-refractivity contribution in [3.63, 3.8) is 0 Å². The van der Waals surface area contributed by atoms with Crippen molar-refractivity contribution in [1.82, 2.24) is 4.57 Å². The molecule has 220 valence electrons. The quantitative estimate of drug-likeness (QED) is 0.192. The van der Waals surface area contributed by atoms with Gasteiger partial charge >= 0.3 is 0 Å². The number of furan rings is 1. The first kappa shape index (κ1) is 26.3. The Morgan fingerprint density at radius 2 is 0.979 bits per heavy atom. The predicted molar refractivity (Wildman–Crippen MR) is 200 cm³/mol. The summed E-state index contributed by atoms with van der Waals surface area (Å²) in [5, 5.41) is 4.83. The highest BCUT2D eigenvalue weighted by molar-refractivity contribution is 7.26. The molecule has 0 saturated heterocycles. The molecule has 0 fully saturated rings. The van der Waals surface area contributed by atoms with Crippen molar-refractivity contribution >= 4 is 64.5 Å². The average molecular weight is 618 g/mol. The maximum Gasteiger partial charge on any atom is 0.143 e. The second kappa shape index (κ2) is 10.3. The molecule has 3 aromatic heterocycles. The van der Waals surface area contributed by atoms with E-state index < -0.39 is 0 Å². The summed E-state index contributed by atoms with van der Waals surface area (Å²) in [6.45, 7) is 0. The van der Waals surface area contributed by atoms with Crippen LogP contribution < -0.4 is 0 Å². The Balaban J connectivity index is 1.27. The van der Waals surface area contributed by atoms with E-state index in [9.17, 15) is 0 Å². The smallest absolute Gasteiger partial charge is 0.143 e. The largest absolute Gasteiger partial charge is 0.455 e. The molecule has 10 rings (SSSR count). The van der Waals surface area contributed by atoms with E-state index in [-0.39, 0.29) is 0 Å². The minimum atomic E-state index is 0.916. The van der Waals surface area contributed by atoms with Crippen molar-refractivity contribution in [3.05, 3.63) is 164 Å². The molecule has 47 heavy (non-hydrogen) atoms. The third-order valence-corrected chi connectivity index (χ3v) is 10.6. The molecule has 0 spiro atoms. The summed E-state index contributed by atoms with van der Waals surface area (Å²) in [4.78, 5) is 0. The Morgan fingerprint density at radius 3 is 1.77 bits per heavy atom. The van der Waals surface area contributed by atoms with Gasteiger partial charge in [0.2, 0.25) is 0 Å². The Hall–Kier alpha value is -5.90. The SMILES string of the molecule is c1ccc(-c2cccc3c2oc2c(-c4ccccc4-c4cccc5sc6c7ccccc7n(-c7ccccc7)c6c45)cccc23)cc1. The van der Waals surface area contributed by atoms with Crippen molar-refractivity contribution in [1.29, 1.82) is 0 Å². The van der Waals surface area contributed by atoms with Gasteiger partial charge in [-0.2, -0.15) is 0 Å². The first-order chi connectivity index (χ1) is 23.3. The van der Waals surface area contributed by atoms with E-state index in [1.807, 2.05) is 11.3 Å². The fraction of sp³-hybridized carbons (Fsp3) is 0. The monoisotopic (exact) mass is 617 g/mol. The van der Waals surface area contributed by atoms with Crippen LogP contribution in [-0.2, 0) is 0 Å². The molecule has 3 heteroatoms. The van der Waals surface area contributed by atoms with Crippen LogP contribution in [0.2, 0.25) is 0 Å². The highest BCUT2D eigenvalue weighted by Crippen LogP contribution is 2.48. The van der Waals surface area contributed by atoms with Crippen LogP contribution in [0.25, 0.3) is 92.2 Å². The van der Waals surface area contributed by atoms with E-state index in [1.165, 1.54) is 48.0 Å². The Labute approximate surface area is 275 Å². The average Bonchev–Trinajstić information content (AvgIpc) is 3.81. The number of rotatable bonds is 4. The molecule has 2 nitrogen and oxygen atoms in total. The lowest BCUT2D eigenvalue weighted by Gasteiger charge is -2.13. The highest BCUT2D eigenvalue weighted by Gasteiger charge is 2.22. The maximum atomic E-state index is 6.87. The molecular weight excluding hydrogens is 591 g/mol. The van der Waals surface area contributed by atoms with Gasteiger partial charge in [0.1, 0.15) is 11.2 Å². The standard InChI is InChI=1S/C44H27NOS/c1-3-14-28(15-4-1)30-21-11-24-35-36-25-12-23-34(43(36)46-42(30)35)32-19-8-7-18-31(32)33-22-13-27-39-40(33)41-44(47-39)37-20-9-10-26-38(37)45(41)29-16-5-2-6-17-29/h1-27H. The van der Waals surface area contributed by atoms with Crippen molar-refractivity contribution in [2.75, 3.05) is 0 Å². The van der Waals surface area contributed by atoms with Crippen LogP contribution in [0, 0.1) is 0 Å². The van der Waals surface area contributed by atoms with Gasteiger partial charge in [0.05, 0.1) is 15.7 Å². The normalized spacial score (nSPS) is 11.8. The van der Waals surface area contributed by atoms with Crippen LogP contribution >= 0.6 is 11.3 Å². The van der Waals surface area contributed by atoms with Crippen molar-refractivity contribution in [2.24, 2.45) is 0 Å². The number of aromatic nitrogens is 1. The van der Waals surface area contributed by atoms with Crippen LogP contribution in [0.15, 0.2) is 168 Å². The molecule has 0 aliphatic heterocycles. The van der Waals surface area contributed by atoms with E-state index in [0.29, 0.717) is 0 Å². The Bertz CT molecular complexity index is 2780. The van der Waals surface area contributed by atoms with E-state index in [1.54, 1.807) is 0 Å². The first-order valence-electron chi connectivity index (χ1n) is 15.9. The lowest BCUT2D eigenvalue weighted by Crippen LogP contribution is -1.94. The summed E-state index contributed by atoms with van der Waals surface area (Å²) in [5.74, 6) is 0. The van der Waals surface area contributed by atoms with E-state index in [2.05, 4.69) is 168 Å². The molecular formula is C44H27NOS. The van der Waals surface area contributed by atoms with Crippen LogP contribution in [-0.4, -0.2) is 4.57 Å². The molecule has 0 aliphatic rings. The van der Waals surface area contributed by atoms with Gasteiger partial charge in [-0.25, -0.2) is 0 Å². The summed E-state index contributed by atoms with van der Waals surface area (Å²) >= 11 is 1.88. The summed E-state index contributed by atoms with van der Waals surface area (Å²) < 4.78 is 11.9. The lowest BCUT2D eigenvalue weighted by atomic mass is 9.91. The second-order valence-corrected chi connectivity index (χ2v) is 13.1. The van der Waals surface area contributed by atoms with Gasteiger partial charge in [0.15, 0.2) is 0 Å². The maximum absolute atomic E-state index is 6.87. The first-order valence-corrected chi connectivity index (χ1v) is 16.8. The minimum Gasteiger partial charge on any atom is -0.455 e. The van der Waals surface area contributed by atoms with Gasteiger partial charge in [-0.1, -0.05) is 140 Å². The van der Waals surface area contributed by atoms with Crippen molar-refractivity contribution < 1.29 is 4.42 Å². The summed E-state index contributed by atoms with van der Waals surface area (Å²) in [6.07, 6.45) is 0. The van der Waals surface area contributed by atoms with E-state index in [4.69, 9.17) is 4.42 Å². The molecule has 0 radical (unpaired) electrons. The molecule has 0 saturated carbocycles. The Kier molecular flexibility index (Phi) is 5.78. The molecule has 0 unspecified atom stereocenters. The van der Waals surface area contributed by atoms with E-state index in [0.717, 1.165) is 44.2 Å². The third kappa shape index (κ3) is 3.90. The van der Waals surface area contributed by atoms with Gasteiger partial charge in [0.25, 0.3) is 0 Å². The van der Waals surface area contributed by atoms with Gasteiger partial charge in [-0.15, -0.1) is 11.3 Å². The number of thiophene rings is 1. The van der Waals surface area contributed by atoms with Crippen LogP contribution in [0.3, 0.4) is 0 Å². The van der Waals surface area contributed by atoms with Crippen molar-refractivity contribution in [2.45, 2.75) is 0 Å². The summed E-state index contributed by atoms with van der Waals surface area (Å²) in [5.41, 5.74) is 12.4.